The van der Waals surface area contributed by atoms with Gasteiger partial charge in [-0.2, -0.15) is 0 Å². The highest BCUT2D eigenvalue weighted by molar-refractivity contribution is 5.43. The van der Waals surface area contributed by atoms with Crippen molar-refractivity contribution in [2.45, 2.75) is 32.7 Å². The summed E-state index contributed by atoms with van der Waals surface area (Å²) >= 11 is 0. The standard InChI is InChI=1S/C16H25NO2/c1-5-7-11-19-15-9-8-14(12-16(15)18-4)13(3)17-10-6-2/h5,8-9,12-13,17H,1,6-7,10-11H2,2-4H3. The number of hydrogen-bond acceptors (Lipinski definition) is 3. The van der Waals surface area contributed by atoms with Crippen LogP contribution in [0.4, 0.5) is 0 Å². The molecule has 0 bridgehead atoms. The molecule has 106 valence electrons. The minimum absolute atomic E-state index is 0.316. The van der Waals surface area contributed by atoms with Crippen molar-refractivity contribution >= 4 is 0 Å². The summed E-state index contributed by atoms with van der Waals surface area (Å²) in [5.74, 6) is 1.57. The first-order chi connectivity index (χ1) is 9.22. The average Bonchev–Trinajstić information content (AvgIpc) is 2.45. The Balaban J connectivity index is 2.73. The van der Waals surface area contributed by atoms with Crippen LogP contribution in [0.2, 0.25) is 0 Å². The number of nitrogens with one attached hydrogen (secondary N) is 1. The van der Waals surface area contributed by atoms with Crippen LogP contribution in [0, 0.1) is 0 Å². The zero-order chi connectivity index (χ0) is 14.1. The van der Waals surface area contributed by atoms with E-state index in [1.807, 2.05) is 18.2 Å². The SMILES string of the molecule is C=CCCOc1ccc(C(C)NCCC)cc1OC. The molecule has 0 heterocycles. The van der Waals surface area contributed by atoms with Gasteiger partial charge in [0, 0.05) is 6.04 Å². The second-order valence-electron chi connectivity index (χ2n) is 4.51. The zero-order valence-electron chi connectivity index (χ0n) is 12.2. The van der Waals surface area contributed by atoms with Crippen molar-refractivity contribution in [3.63, 3.8) is 0 Å². The lowest BCUT2D eigenvalue weighted by Gasteiger charge is -2.16. The average molecular weight is 263 g/mol. The maximum absolute atomic E-state index is 5.67. The van der Waals surface area contributed by atoms with E-state index < -0.39 is 0 Å². The van der Waals surface area contributed by atoms with Crippen LogP contribution in [0.25, 0.3) is 0 Å². The van der Waals surface area contributed by atoms with Gasteiger partial charge < -0.3 is 14.8 Å². The van der Waals surface area contributed by atoms with E-state index in [2.05, 4.69) is 31.8 Å². The smallest absolute Gasteiger partial charge is 0.161 e. The van der Waals surface area contributed by atoms with Crippen LogP contribution in [-0.4, -0.2) is 20.3 Å². The highest BCUT2D eigenvalue weighted by Crippen LogP contribution is 2.30. The van der Waals surface area contributed by atoms with Crippen molar-refractivity contribution in [3.05, 3.63) is 36.4 Å². The predicted molar refractivity (Wildman–Crippen MR) is 80.0 cm³/mol. The van der Waals surface area contributed by atoms with Crippen molar-refractivity contribution < 1.29 is 9.47 Å². The number of rotatable bonds is 9. The van der Waals surface area contributed by atoms with Gasteiger partial charge in [0.2, 0.25) is 0 Å². The van der Waals surface area contributed by atoms with Gasteiger partial charge in [0.15, 0.2) is 11.5 Å². The molecule has 1 aromatic rings. The lowest BCUT2D eigenvalue weighted by Crippen LogP contribution is -2.19. The summed E-state index contributed by atoms with van der Waals surface area (Å²) in [5.41, 5.74) is 1.21. The summed E-state index contributed by atoms with van der Waals surface area (Å²) in [6.45, 7) is 9.64. The van der Waals surface area contributed by atoms with E-state index >= 15 is 0 Å². The molecule has 0 saturated carbocycles. The fraction of sp³-hybridized carbons (Fsp3) is 0.500. The largest absolute Gasteiger partial charge is 0.493 e. The van der Waals surface area contributed by atoms with E-state index in [0.29, 0.717) is 12.6 Å². The first kappa shape index (κ1) is 15.6. The Morgan fingerprint density at radius 2 is 2.16 bits per heavy atom. The van der Waals surface area contributed by atoms with Gasteiger partial charge in [0.05, 0.1) is 13.7 Å². The molecule has 3 nitrogen and oxygen atoms in total. The first-order valence-electron chi connectivity index (χ1n) is 6.88. The van der Waals surface area contributed by atoms with E-state index in [9.17, 15) is 0 Å². The molecule has 19 heavy (non-hydrogen) atoms. The molecule has 1 rings (SSSR count). The normalized spacial score (nSPS) is 11.9. The molecular formula is C16H25NO2. The molecule has 0 aliphatic carbocycles. The molecule has 0 spiro atoms. The quantitative estimate of drug-likeness (QED) is 0.544. The lowest BCUT2D eigenvalue weighted by molar-refractivity contribution is 0.299. The second kappa shape index (κ2) is 8.59. The van der Waals surface area contributed by atoms with Gasteiger partial charge in [-0.1, -0.05) is 19.1 Å². The van der Waals surface area contributed by atoms with Crippen molar-refractivity contribution in [2.24, 2.45) is 0 Å². The molecule has 3 heteroatoms. The Labute approximate surface area is 116 Å². The van der Waals surface area contributed by atoms with E-state index in [4.69, 9.17) is 9.47 Å². The van der Waals surface area contributed by atoms with Crippen molar-refractivity contribution in [3.8, 4) is 11.5 Å². The number of benzene rings is 1. The van der Waals surface area contributed by atoms with Crippen LogP contribution in [-0.2, 0) is 0 Å². The van der Waals surface area contributed by atoms with Gasteiger partial charge in [-0.25, -0.2) is 0 Å². The van der Waals surface area contributed by atoms with Crippen LogP contribution in [0.1, 0.15) is 38.3 Å². The summed E-state index contributed by atoms with van der Waals surface area (Å²) in [4.78, 5) is 0. The fourth-order valence-electron chi connectivity index (χ4n) is 1.80. The highest BCUT2D eigenvalue weighted by Gasteiger charge is 2.09. The van der Waals surface area contributed by atoms with Crippen LogP contribution < -0.4 is 14.8 Å². The van der Waals surface area contributed by atoms with Gasteiger partial charge in [0.25, 0.3) is 0 Å². The van der Waals surface area contributed by atoms with Gasteiger partial charge >= 0.3 is 0 Å². The van der Waals surface area contributed by atoms with Crippen LogP contribution in [0.15, 0.2) is 30.9 Å². The third-order valence-corrected chi connectivity index (χ3v) is 2.97. The molecule has 0 aliphatic heterocycles. The molecular weight excluding hydrogens is 238 g/mol. The van der Waals surface area contributed by atoms with E-state index in [0.717, 1.165) is 30.9 Å². The van der Waals surface area contributed by atoms with Crippen molar-refractivity contribution in [2.75, 3.05) is 20.3 Å². The summed E-state index contributed by atoms with van der Waals surface area (Å²) in [7, 11) is 1.67. The molecule has 0 fully saturated rings. The van der Waals surface area contributed by atoms with E-state index in [1.54, 1.807) is 7.11 Å². The summed E-state index contributed by atoms with van der Waals surface area (Å²) in [6.07, 6.45) is 3.81. The summed E-state index contributed by atoms with van der Waals surface area (Å²) < 4.78 is 11.1. The van der Waals surface area contributed by atoms with Crippen LogP contribution in [0.5, 0.6) is 11.5 Å². The Kier molecular flexibility index (Phi) is 7.04. The molecule has 0 amide bonds. The molecule has 1 aromatic carbocycles. The third kappa shape index (κ3) is 4.95. The van der Waals surface area contributed by atoms with Crippen LogP contribution >= 0.6 is 0 Å². The summed E-state index contributed by atoms with van der Waals surface area (Å²) in [6, 6.07) is 6.41. The Morgan fingerprint density at radius 3 is 2.79 bits per heavy atom. The lowest BCUT2D eigenvalue weighted by atomic mass is 10.1. The van der Waals surface area contributed by atoms with E-state index in [1.165, 1.54) is 5.56 Å². The van der Waals surface area contributed by atoms with Crippen LogP contribution in [0.3, 0.4) is 0 Å². The minimum atomic E-state index is 0.316. The fourth-order valence-corrected chi connectivity index (χ4v) is 1.80. The van der Waals surface area contributed by atoms with Crippen molar-refractivity contribution in [1.29, 1.82) is 0 Å². The van der Waals surface area contributed by atoms with Gasteiger partial charge in [-0.3, -0.25) is 0 Å². The first-order valence-corrected chi connectivity index (χ1v) is 6.88. The van der Waals surface area contributed by atoms with E-state index in [-0.39, 0.29) is 0 Å². The topological polar surface area (TPSA) is 30.5 Å². The number of hydrogen-bond donors (Lipinski definition) is 1. The second-order valence-corrected chi connectivity index (χ2v) is 4.51. The predicted octanol–water partition coefficient (Wildman–Crippen LogP) is 3.71. The monoisotopic (exact) mass is 263 g/mol. The molecule has 0 aromatic heterocycles. The Hall–Kier alpha value is -1.48. The molecule has 0 radical (unpaired) electrons. The third-order valence-electron chi connectivity index (χ3n) is 2.97. The summed E-state index contributed by atoms with van der Waals surface area (Å²) in [5, 5.41) is 3.46. The Bertz CT molecular complexity index is 390. The zero-order valence-corrected chi connectivity index (χ0v) is 12.2. The molecule has 0 aliphatic rings. The van der Waals surface area contributed by atoms with Gasteiger partial charge in [-0.15, -0.1) is 6.58 Å². The minimum Gasteiger partial charge on any atom is -0.493 e. The molecule has 0 saturated heterocycles. The number of methoxy groups -OCH3 is 1. The molecule has 1 N–H and O–H groups in total. The molecule has 1 atom stereocenters. The maximum Gasteiger partial charge on any atom is 0.161 e. The highest BCUT2D eigenvalue weighted by atomic mass is 16.5. The maximum atomic E-state index is 5.67. The Morgan fingerprint density at radius 1 is 1.37 bits per heavy atom. The van der Waals surface area contributed by atoms with Gasteiger partial charge in [-0.05, 0) is 44.0 Å². The van der Waals surface area contributed by atoms with Crippen molar-refractivity contribution in [1.82, 2.24) is 5.32 Å². The van der Waals surface area contributed by atoms with Gasteiger partial charge in [0.1, 0.15) is 0 Å². The molecule has 1 unspecified atom stereocenters. The number of ether oxygens (including phenoxy) is 2.